The van der Waals surface area contributed by atoms with Crippen molar-refractivity contribution >= 4 is 23.5 Å². The van der Waals surface area contributed by atoms with Gasteiger partial charge in [0.15, 0.2) is 0 Å². The van der Waals surface area contributed by atoms with Gasteiger partial charge in [-0.2, -0.15) is 0 Å². The quantitative estimate of drug-likeness (QED) is 0.633. The molecule has 4 N–H and O–H groups in total. The van der Waals surface area contributed by atoms with Crippen LogP contribution < -0.4 is 5.32 Å². The lowest BCUT2D eigenvalue weighted by Gasteiger charge is -2.18. The maximum Gasteiger partial charge on any atom is 0.337 e. The van der Waals surface area contributed by atoms with E-state index < -0.39 is 18.2 Å². The van der Waals surface area contributed by atoms with Gasteiger partial charge in [0, 0.05) is 13.5 Å². The summed E-state index contributed by atoms with van der Waals surface area (Å²) >= 11 is 5.70. The van der Waals surface area contributed by atoms with Crippen molar-refractivity contribution in [1.29, 1.82) is 0 Å². The van der Waals surface area contributed by atoms with Crippen LogP contribution >= 0.6 is 11.6 Å². The molecule has 104 valence electrons. The number of rotatable bonds is 5. The van der Waals surface area contributed by atoms with Gasteiger partial charge in [-0.15, -0.1) is 0 Å². The van der Waals surface area contributed by atoms with Crippen molar-refractivity contribution < 1.29 is 24.9 Å². The Kier molecular flexibility index (Phi) is 5.29. The summed E-state index contributed by atoms with van der Waals surface area (Å²) in [6.45, 7) is 1.14. The number of nitrogens with one attached hydrogen (secondary N) is 1. The van der Waals surface area contributed by atoms with Gasteiger partial charge < -0.3 is 20.6 Å². The van der Waals surface area contributed by atoms with E-state index in [1.54, 1.807) is 0 Å². The first-order valence-electron chi connectivity index (χ1n) is 5.46. The first kappa shape index (κ1) is 15.4. The summed E-state index contributed by atoms with van der Waals surface area (Å²) in [5.74, 6) is -1.57. The summed E-state index contributed by atoms with van der Waals surface area (Å²) < 4.78 is 0. The molecule has 0 aliphatic rings. The summed E-state index contributed by atoms with van der Waals surface area (Å²) in [5, 5.41) is 30.8. The van der Waals surface area contributed by atoms with Crippen LogP contribution in [0.1, 0.15) is 28.9 Å². The number of carboxylic acids is 1. The highest BCUT2D eigenvalue weighted by Crippen LogP contribution is 2.23. The lowest BCUT2D eigenvalue weighted by molar-refractivity contribution is -0.119. The van der Waals surface area contributed by atoms with Gasteiger partial charge >= 0.3 is 5.97 Å². The lowest BCUT2D eigenvalue weighted by Crippen LogP contribution is -2.34. The maximum absolute atomic E-state index is 10.9. The molecular formula is C12H14ClNO5. The van der Waals surface area contributed by atoms with E-state index in [1.807, 2.05) is 0 Å². The number of hydrogen-bond donors (Lipinski definition) is 4. The molecule has 0 aromatic heterocycles. The van der Waals surface area contributed by atoms with E-state index in [4.69, 9.17) is 16.7 Å². The number of aliphatic hydroxyl groups excluding tert-OH is 2. The molecule has 0 saturated carbocycles. The summed E-state index contributed by atoms with van der Waals surface area (Å²) in [5.41, 5.74) is 0.0459. The Morgan fingerprint density at radius 3 is 2.53 bits per heavy atom. The Morgan fingerprint density at radius 1 is 1.37 bits per heavy atom. The third-order valence-corrected chi connectivity index (χ3v) is 2.82. The number of aliphatic hydroxyl groups is 2. The fourth-order valence-electron chi connectivity index (χ4n) is 1.47. The normalized spacial score (nSPS) is 13.7. The van der Waals surface area contributed by atoms with Gasteiger partial charge in [-0.1, -0.05) is 17.7 Å². The minimum atomic E-state index is -1.32. The molecule has 0 aliphatic carbocycles. The van der Waals surface area contributed by atoms with Gasteiger partial charge in [0.1, 0.15) is 12.2 Å². The minimum absolute atomic E-state index is 0.0415. The van der Waals surface area contributed by atoms with E-state index in [1.165, 1.54) is 25.1 Å². The molecule has 0 fully saturated rings. The molecule has 0 spiro atoms. The number of benzene rings is 1. The van der Waals surface area contributed by atoms with Crippen LogP contribution in [0.3, 0.4) is 0 Å². The third-order valence-electron chi connectivity index (χ3n) is 2.49. The van der Waals surface area contributed by atoms with Crippen LogP contribution in [0, 0.1) is 0 Å². The van der Waals surface area contributed by atoms with Crippen molar-refractivity contribution in [3.8, 4) is 0 Å². The van der Waals surface area contributed by atoms with Crippen molar-refractivity contribution in [2.24, 2.45) is 0 Å². The number of carbonyl (C=O) groups is 2. The second-order valence-electron chi connectivity index (χ2n) is 3.99. The average Bonchev–Trinajstić information content (AvgIpc) is 2.35. The molecule has 2 atom stereocenters. The second kappa shape index (κ2) is 6.51. The first-order chi connectivity index (χ1) is 8.82. The molecule has 19 heavy (non-hydrogen) atoms. The number of aromatic carboxylic acids is 1. The Morgan fingerprint density at radius 2 is 2.00 bits per heavy atom. The predicted molar refractivity (Wildman–Crippen MR) is 68.1 cm³/mol. The largest absolute Gasteiger partial charge is 0.478 e. The number of hydrogen-bond acceptors (Lipinski definition) is 4. The molecule has 1 amide bonds. The zero-order chi connectivity index (χ0) is 14.6. The fraction of sp³-hybridized carbons (Fsp3) is 0.333. The first-order valence-corrected chi connectivity index (χ1v) is 5.84. The van der Waals surface area contributed by atoms with E-state index >= 15 is 0 Å². The Labute approximate surface area is 114 Å². The third kappa shape index (κ3) is 4.20. The van der Waals surface area contributed by atoms with Crippen LogP contribution in [0.4, 0.5) is 0 Å². The van der Waals surface area contributed by atoms with Crippen molar-refractivity contribution in [1.82, 2.24) is 5.32 Å². The van der Waals surface area contributed by atoms with Gasteiger partial charge in [-0.3, -0.25) is 4.79 Å². The zero-order valence-electron chi connectivity index (χ0n) is 10.1. The van der Waals surface area contributed by atoms with Gasteiger partial charge in [-0.25, -0.2) is 4.79 Å². The van der Waals surface area contributed by atoms with E-state index in [2.05, 4.69) is 5.32 Å². The minimum Gasteiger partial charge on any atom is -0.478 e. The Bertz CT molecular complexity index is 491. The molecule has 1 aromatic carbocycles. The average molecular weight is 288 g/mol. The van der Waals surface area contributed by atoms with Crippen molar-refractivity contribution in [2.75, 3.05) is 6.54 Å². The van der Waals surface area contributed by atoms with Gasteiger partial charge in [-0.05, 0) is 17.7 Å². The van der Waals surface area contributed by atoms with Crippen molar-refractivity contribution in [2.45, 2.75) is 19.1 Å². The van der Waals surface area contributed by atoms with Crippen molar-refractivity contribution in [3.05, 3.63) is 34.3 Å². The smallest absolute Gasteiger partial charge is 0.337 e. The van der Waals surface area contributed by atoms with E-state index in [0.29, 0.717) is 0 Å². The molecular weight excluding hydrogens is 274 g/mol. The highest BCUT2D eigenvalue weighted by molar-refractivity contribution is 6.33. The molecule has 0 heterocycles. The Balaban J connectivity index is 2.87. The van der Waals surface area contributed by atoms with Crippen LogP contribution in [0.25, 0.3) is 0 Å². The van der Waals surface area contributed by atoms with E-state index in [-0.39, 0.29) is 28.6 Å². The summed E-state index contributed by atoms with van der Waals surface area (Å²) in [7, 11) is 0. The van der Waals surface area contributed by atoms with Crippen molar-refractivity contribution in [3.63, 3.8) is 0 Å². The van der Waals surface area contributed by atoms with Crippen LogP contribution in [0.15, 0.2) is 18.2 Å². The Hall–Kier alpha value is -1.63. The number of carboxylic acid groups (broad SMARTS) is 1. The monoisotopic (exact) mass is 287 g/mol. The van der Waals surface area contributed by atoms with E-state index in [0.717, 1.165) is 0 Å². The fourth-order valence-corrected chi connectivity index (χ4v) is 1.67. The SMILES string of the molecule is CC(=O)NCC(O)C(O)c1ccc(Cl)c(C(=O)O)c1. The molecule has 0 aliphatic heterocycles. The second-order valence-corrected chi connectivity index (χ2v) is 4.40. The molecule has 7 heteroatoms. The number of amides is 1. The number of carbonyl (C=O) groups excluding carboxylic acids is 1. The van der Waals surface area contributed by atoms with Gasteiger partial charge in [0.25, 0.3) is 0 Å². The van der Waals surface area contributed by atoms with Gasteiger partial charge in [0.2, 0.25) is 5.91 Å². The molecule has 2 unspecified atom stereocenters. The predicted octanol–water partition coefficient (Wildman–Crippen LogP) is 0.569. The maximum atomic E-state index is 10.9. The number of halogens is 1. The van der Waals surface area contributed by atoms with Crippen LogP contribution in [0.5, 0.6) is 0 Å². The highest BCUT2D eigenvalue weighted by atomic mass is 35.5. The molecule has 0 bridgehead atoms. The topological polar surface area (TPSA) is 107 Å². The van der Waals surface area contributed by atoms with Crippen LogP contribution in [0.2, 0.25) is 5.02 Å². The van der Waals surface area contributed by atoms with Crippen LogP contribution in [-0.4, -0.2) is 39.8 Å². The summed E-state index contributed by atoms with van der Waals surface area (Å²) in [6, 6.07) is 3.93. The van der Waals surface area contributed by atoms with Crippen LogP contribution in [-0.2, 0) is 4.79 Å². The summed E-state index contributed by atoms with van der Waals surface area (Å²) in [6.07, 6.45) is -2.56. The molecule has 1 rings (SSSR count). The molecule has 0 saturated heterocycles. The molecule has 6 nitrogen and oxygen atoms in total. The zero-order valence-corrected chi connectivity index (χ0v) is 10.9. The highest BCUT2D eigenvalue weighted by Gasteiger charge is 2.20. The van der Waals surface area contributed by atoms with E-state index in [9.17, 15) is 19.8 Å². The standard InChI is InChI=1S/C12H14ClNO5/c1-6(15)14-5-10(16)11(17)7-2-3-9(13)8(4-7)12(18)19/h2-4,10-11,16-17H,5H2,1H3,(H,14,15)(H,18,19). The molecule has 0 radical (unpaired) electrons. The lowest BCUT2D eigenvalue weighted by atomic mass is 10.0. The molecule has 1 aromatic rings. The summed E-state index contributed by atoms with van der Waals surface area (Å²) in [4.78, 5) is 21.6. The van der Waals surface area contributed by atoms with Gasteiger partial charge in [0.05, 0.1) is 10.6 Å².